The normalized spacial score (nSPS) is 12.7. The average Bonchev–Trinajstić information content (AvgIpc) is 3.10. The molecule has 0 aromatic rings. The maximum absolute atomic E-state index is 12.7. The number of esters is 1. The number of carboxylic acids is 1. The van der Waals surface area contributed by atoms with Crippen molar-refractivity contribution < 1.29 is 24.2 Å². The third kappa shape index (κ3) is 34.6. The van der Waals surface area contributed by atoms with Gasteiger partial charge in [-0.05, 0) is 64.0 Å². The molecule has 1 amide bonds. The van der Waals surface area contributed by atoms with Crippen molar-refractivity contribution in [3.05, 3.63) is 12.2 Å². The van der Waals surface area contributed by atoms with Gasteiger partial charge in [-0.1, -0.05) is 168 Å². The molecule has 0 aromatic carbocycles. The monoisotopic (exact) mass is 707 g/mol. The SMILES string of the molecule is CCCCCCCCC/C=C\C(CCCCCCC(=O)NC(CCCN)C(=O)O)OC(=O)CCCCCCCCCCCCCCCCCC. The fourth-order valence-electron chi connectivity index (χ4n) is 6.54. The molecular weight excluding hydrogens is 624 g/mol. The Hall–Kier alpha value is -1.89. The van der Waals surface area contributed by atoms with Crippen molar-refractivity contribution >= 4 is 17.8 Å². The minimum atomic E-state index is -1.01. The van der Waals surface area contributed by atoms with Gasteiger partial charge in [-0.3, -0.25) is 9.59 Å². The van der Waals surface area contributed by atoms with E-state index in [9.17, 15) is 19.5 Å². The molecule has 0 saturated heterocycles. The second-order valence-corrected chi connectivity index (χ2v) is 14.8. The summed E-state index contributed by atoms with van der Waals surface area (Å²) in [5.74, 6) is -1.31. The lowest BCUT2D eigenvalue weighted by molar-refractivity contribution is -0.147. The van der Waals surface area contributed by atoms with Crippen molar-refractivity contribution in [1.29, 1.82) is 0 Å². The van der Waals surface area contributed by atoms with Crippen LogP contribution >= 0.6 is 0 Å². The summed E-state index contributed by atoms with van der Waals surface area (Å²) in [6, 6.07) is -0.867. The van der Waals surface area contributed by atoms with E-state index in [1.165, 1.54) is 135 Å². The van der Waals surface area contributed by atoms with Gasteiger partial charge in [-0.25, -0.2) is 4.79 Å². The first-order valence-corrected chi connectivity index (χ1v) is 21.5. The smallest absolute Gasteiger partial charge is 0.326 e. The number of rotatable bonds is 39. The highest BCUT2D eigenvalue weighted by Crippen LogP contribution is 2.17. The predicted molar refractivity (Wildman–Crippen MR) is 211 cm³/mol. The summed E-state index contributed by atoms with van der Waals surface area (Å²) >= 11 is 0. The fraction of sp³-hybridized carbons (Fsp3) is 0.884. The van der Waals surface area contributed by atoms with Crippen LogP contribution in [0.1, 0.15) is 226 Å². The van der Waals surface area contributed by atoms with Gasteiger partial charge < -0.3 is 20.9 Å². The number of nitrogens with one attached hydrogen (secondary N) is 1. The molecule has 0 aliphatic heterocycles. The number of carboxylic acid groups (broad SMARTS) is 1. The molecule has 7 heteroatoms. The van der Waals surface area contributed by atoms with Crippen LogP contribution in [0, 0.1) is 0 Å². The Labute approximate surface area is 309 Å². The van der Waals surface area contributed by atoms with Crippen LogP contribution in [0.2, 0.25) is 0 Å². The number of hydrogen-bond donors (Lipinski definition) is 3. The van der Waals surface area contributed by atoms with E-state index in [-0.39, 0.29) is 18.0 Å². The number of hydrogen-bond acceptors (Lipinski definition) is 5. The summed E-state index contributed by atoms with van der Waals surface area (Å²) in [6.07, 6.45) is 41.3. The van der Waals surface area contributed by atoms with Gasteiger partial charge >= 0.3 is 11.9 Å². The Morgan fingerprint density at radius 3 is 1.50 bits per heavy atom. The molecule has 0 aliphatic carbocycles. The van der Waals surface area contributed by atoms with Gasteiger partial charge in [-0.15, -0.1) is 0 Å². The van der Waals surface area contributed by atoms with Crippen molar-refractivity contribution in [3.63, 3.8) is 0 Å². The van der Waals surface area contributed by atoms with E-state index in [1.807, 2.05) is 0 Å². The highest BCUT2D eigenvalue weighted by Gasteiger charge is 2.19. The Morgan fingerprint density at radius 2 is 1.02 bits per heavy atom. The number of aliphatic carboxylic acids is 1. The number of nitrogens with two attached hydrogens (primary N) is 1. The van der Waals surface area contributed by atoms with E-state index >= 15 is 0 Å². The summed E-state index contributed by atoms with van der Waals surface area (Å²) in [5, 5.41) is 11.9. The predicted octanol–water partition coefficient (Wildman–Crippen LogP) is 11.9. The molecule has 0 radical (unpaired) electrons. The number of amides is 1. The summed E-state index contributed by atoms with van der Waals surface area (Å²) in [6.45, 7) is 4.93. The van der Waals surface area contributed by atoms with Crippen LogP contribution in [0.25, 0.3) is 0 Å². The van der Waals surface area contributed by atoms with Gasteiger partial charge in [0, 0.05) is 12.8 Å². The molecule has 4 N–H and O–H groups in total. The molecule has 0 heterocycles. The zero-order valence-corrected chi connectivity index (χ0v) is 33.0. The topological polar surface area (TPSA) is 119 Å². The molecule has 0 spiro atoms. The molecule has 7 nitrogen and oxygen atoms in total. The van der Waals surface area contributed by atoms with Gasteiger partial charge in [-0.2, -0.15) is 0 Å². The first-order chi connectivity index (χ1) is 24.4. The largest absolute Gasteiger partial charge is 0.480 e. The molecule has 0 aliphatic rings. The summed E-state index contributed by atoms with van der Waals surface area (Å²) in [4.78, 5) is 36.3. The van der Waals surface area contributed by atoms with E-state index in [2.05, 4.69) is 31.3 Å². The standard InChI is InChI=1S/C43H82N2O5/c1-3-5-7-9-11-13-14-15-16-17-18-19-21-23-25-31-37-42(47)50-39(33-28-24-22-20-12-10-8-6-4-2)34-29-26-27-30-36-41(46)45-40(43(48)49)35-32-38-44/h28,33,39-40H,3-27,29-32,34-38,44H2,1-2H3,(H,45,46)(H,48,49)/b33-28-. The number of allylic oxidation sites excluding steroid dienone is 1. The van der Waals surface area contributed by atoms with Gasteiger partial charge in [0.25, 0.3) is 0 Å². The van der Waals surface area contributed by atoms with Crippen LogP contribution in [-0.2, 0) is 19.1 Å². The van der Waals surface area contributed by atoms with Crippen LogP contribution in [-0.4, -0.2) is 41.6 Å². The first kappa shape index (κ1) is 48.1. The van der Waals surface area contributed by atoms with Crippen LogP contribution in [0.15, 0.2) is 12.2 Å². The lowest BCUT2D eigenvalue weighted by Crippen LogP contribution is -2.40. The van der Waals surface area contributed by atoms with E-state index in [4.69, 9.17) is 10.5 Å². The number of carbonyl (C=O) groups excluding carboxylic acids is 2. The van der Waals surface area contributed by atoms with Crippen LogP contribution in [0.4, 0.5) is 0 Å². The van der Waals surface area contributed by atoms with Crippen molar-refractivity contribution in [2.45, 2.75) is 238 Å². The van der Waals surface area contributed by atoms with Crippen molar-refractivity contribution in [2.24, 2.45) is 5.73 Å². The second kappa shape index (κ2) is 38.3. The number of ether oxygens (including phenoxy) is 1. The van der Waals surface area contributed by atoms with Crippen LogP contribution < -0.4 is 11.1 Å². The highest BCUT2D eigenvalue weighted by atomic mass is 16.5. The third-order valence-electron chi connectivity index (χ3n) is 9.82. The quantitative estimate of drug-likeness (QED) is 0.0332. The van der Waals surface area contributed by atoms with Crippen molar-refractivity contribution in [3.8, 4) is 0 Å². The molecule has 294 valence electrons. The van der Waals surface area contributed by atoms with E-state index in [0.717, 1.165) is 44.9 Å². The Kier molecular flexibility index (Phi) is 36.9. The molecule has 0 saturated carbocycles. The Morgan fingerprint density at radius 1 is 0.580 bits per heavy atom. The molecule has 0 rings (SSSR count). The number of unbranched alkanes of at least 4 members (excludes halogenated alkanes) is 25. The van der Waals surface area contributed by atoms with Gasteiger partial charge in [0.15, 0.2) is 0 Å². The summed E-state index contributed by atoms with van der Waals surface area (Å²) < 4.78 is 5.94. The van der Waals surface area contributed by atoms with Crippen molar-refractivity contribution in [2.75, 3.05) is 6.54 Å². The summed E-state index contributed by atoms with van der Waals surface area (Å²) in [5.41, 5.74) is 5.48. The summed E-state index contributed by atoms with van der Waals surface area (Å²) in [7, 11) is 0. The minimum Gasteiger partial charge on any atom is -0.480 e. The zero-order chi connectivity index (χ0) is 36.8. The number of carbonyl (C=O) groups is 3. The van der Waals surface area contributed by atoms with Gasteiger partial charge in [0.2, 0.25) is 5.91 Å². The van der Waals surface area contributed by atoms with Crippen LogP contribution in [0.5, 0.6) is 0 Å². The van der Waals surface area contributed by atoms with E-state index in [1.54, 1.807) is 0 Å². The lowest BCUT2D eigenvalue weighted by Gasteiger charge is -2.15. The van der Waals surface area contributed by atoms with Crippen LogP contribution in [0.3, 0.4) is 0 Å². The van der Waals surface area contributed by atoms with Crippen molar-refractivity contribution in [1.82, 2.24) is 5.32 Å². The minimum absolute atomic E-state index is 0.0831. The Balaban J connectivity index is 4.25. The molecule has 0 aromatic heterocycles. The molecular formula is C43H82N2O5. The van der Waals surface area contributed by atoms with E-state index < -0.39 is 12.0 Å². The Bertz CT molecular complexity index is 802. The van der Waals surface area contributed by atoms with E-state index in [0.29, 0.717) is 38.6 Å². The molecule has 2 atom stereocenters. The average molecular weight is 707 g/mol. The fourth-order valence-corrected chi connectivity index (χ4v) is 6.54. The molecule has 0 bridgehead atoms. The molecule has 50 heavy (non-hydrogen) atoms. The maximum Gasteiger partial charge on any atom is 0.326 e. The maximum atomic E-state index is 12.7. The highest BCUT2D eigenvalue weighted by molar-refractivity contribution is 5.83. The zero-order valence-electron chi connectivity index (χ0n) is 33.0. The molecule has 2 unspecified atom stereocenters. The second-order valence-electron chi connectivity index (χ2n) is 14.8. The lowest BCUT2D eigenvalue weighted by atomic mass is 10.0. The van der Waals surface area contributed by atoms with Gasteiger partial charge in [0.1, 0.15) is 12.1 Å². The van der Waals surface area contributed by atoms with Gasteiger partial charge in [0.05, 0.1) is 0 Å². The molecule has 0 fully saturated rings. The first-order valence-electron chi connectivity index (χ1n) is 21.5. The third-order valence-corrected chi connectivity index (χ3v) is 9.82.